The first-order valence-electron chi connectivity index (χ1n) is 7.43. The van der Waals surface area contributed by atoms with Crippen molar-refractivity contribution in [1.82, 2.24) is 10.6 Å². The Labute approximate surface area is 119 Å². The molecule has 2 N–H and O–H groups in total. The van der Waals surface area contributed by atoms with Gasteiger partial charge in [-0.1, -0.05) is 12.1 Å². The number of hydrogen-bond acceptors (Lipinski definition) is 3. The molecule has 2 unspecified atom stereocenters. The second-order valence-electron chi connectivity index (χ2n) is 5.80. The van der Waals surface area contributed by atoms with Crippen molar-refractivity contribution < 1.29 is 9.53 Å². The molecule has 1 aliphatic heterocycles. The van der Waals surface area contributed by atoms with E-state index in [1.165, 1.54) is 18.4 Å². The monoisotopic (exact) mass is 274 g/mol. The van der Waals surface area contributed by atoms with Crippen LogP contribution < -0.4 is 15.4 Å². The van der Waals surface area contributed by atoms with Crippen molar-refractivity contribution in [2.75, 3.05) is 13.7 Å². The highest BCUT2D eigenvalue weighted by molar-refractivity contribution is 5.78. The van der Waals surface area contributed by atoms with Gasteiger partial charge >= 0.3 is 0 Å². The van der Waals surface area contributed by atoms with Gasteiger partial charge in [0.15, 0.2) is 0 Å². The zero-order valence-electron chi connectivity index (χ0n) is 11.9. The van der Waals surface area contributed by atoms with Gasteiger partial charge in [-0.3, -0.25) is 4.79 Å². The number of amides is 1. The Kier molecular flexibility index (Phi) is 3.92. The van der Waals surface area contributed by atoms with E-state index in [0.717, 1.165) is 24.6 Å². The number of methoxy groups -OCH3 is 1. The van der Waals surface area contributed by atoms with Crippen LogP contribution in [0.2, 0.25) is 0 Å². The van der Waals surface area contributed by atoms with E-state index in [2.05, 4.69) is 22.8 Å². The lowest BCUT2D eigenvalue weighted by Crippen LogP contribution is -2.37. The average Bonchev–Trinajstić information content (AvgIpc) is 3.22. The van der Waals surface area contributed by atoms with E-state index in [-0.39, 0.29) is 5.91 Å². The van der Waals surface area contributed by atoms with Crippen molar-refractivity contribution >= 4 is 5.91 Å². The van der Waals surface area contributed by atoms with Crippen LogP contribution in [0.4, 0.5) is 0 Å². The molecular weight excluding hydrogens is 252 g/mol. The van der Waals surface area contributed by atoms with Crippen LogP contribution >= 0.6 is 0 Å². The Morgan fingerprint density at radius 2 is 2.05 bits per heavy atom. The Balaban J connectivity index is 1.61. The van der Waals surface area contributed by atoms with Crippen LogP contribution in [0.3, 0.4) is 0 Å². The summed E-state index contributed by atoms with van der Waals surface area (Å²) >= 11 is 0. The number of nitrogens with one attached hydrogen (secondary N) is 2. The Morgan fingerprint density at radius 3 is 2.60 bits per heavy atom. The predicted octanol–water partition coefficient (Wildman–Crippen LogP) is 2.01. The first kappa shape index (κ1) is 13.4. The SMILES string of the molecule is COc1ccc(C(NCC2CCC(=O)N2)C2CC2)cc1. The minimum absolute atomic E-state index is 0.184. The minimum atomic E-state index is 0.184. The molecule has 1 aromatic carbocycles. The van der Waals surface area contributed by atoms with E-state index in [0.29, 0.717) is 18.5 Å². The summed E-state index contributed by atoms with van der Waals surface area (Å²) in [7, 11) is 1.69. The maximum absolute atomic E-state index is 11.2. The Hall–Kier alpha value is -1.55. The van der Waals surface area contributed by atoms with Crippen molar-refractivity contribution in [3.05, 3.63) is 29.8 Å². The first-order valence-corrected chi connectivity index (χ1v) is 7.43. The average molecular weight is 274 g/mol. The van der Waals surface area contributed by atoms with Crippen LogP contribution in [0, 0.1) is 5.92 Å². The highest BCUT2D eigenvalue weighted by Crippen LogP contribution is 2.41. The summed E-state index contributed by atoms with van der Waals surface area (Å²) in [4.78, 5) is 11.2. The summed E-state index contributed by atoms with van der Waals surface area (Å²) in [5.74, 6) is 1.82. The number of hydrogen-bond donors (Lipinski definition) is 2. The largest absolute Gasteiger partial charge is 0.497 e. The van der Waals surface area contributed by atoms with Gasteiger partial charge in [-0.2, -0.15) is 0 Å². The van der Waals surface area contributed by atoms with E-state index in [1.807, 2.05) is 12.1 Å². The fraction of sp³-hybridized carbons (Fsp3) is 0.562. The van der Waals surface area contributed by atoms with Crippen molar-refractivity contribution in [2.24, 2.45) is 5.92 Å². The topological polar surface area (TPSA) is 50.4 Å². The van der Waals surface area contributed by atoms with E-state index in [1.54, 1.807) is 7.11 Å². The highest BCUT2D eigenvalue weighted by atomic mass is 16.5. The second-order valence-corrected chi connectivity index (χ2v) is 5.80. The summed E-state index contributed by atoms with van der Waals surface area (Å²) in [5, 5.41) is 6.66. The molecule has 0 radical (unpaired) electrons. The Bertz CT molecular complexity index is 468. The molecule has 1 saturated carbocycles. The molecule has 0 spiro atoms. The van der Waals surface area contributed by atoms with Gasteiger partial charge in [0.25, 0.3) is 0 Å². The van der Waals surface area contributed by atoms with E-state index in [4.69, 9.17) is 4.74 Å². The molecule has 0 aromatic heterocycles. The van der Waals surface area contributed by atoms with Gasteiger partial charge < -0.3 is 15.4 Å². The molecule has 2 atom stereocenters. The van der Waals surface area contributed by atoms with Crippen LogP contribution in [-0.2, 0) is 4.79 Å². The fourth-order valence-corrected chi connectivity index (χ4v) is 2.90. The molecule has 1 heterocycles. The zero-order valence-corrected chi connectivity index (χ0v) is 11.9. The summed E-state index contributed by atoms with van der Waals surface area (Å²) < 4.78 is 5.21. The number of carbonyl (C=O) groups is 1. The van der Waals surface area contributed by atoms with Gasteiger partial charge in [-0.25, -0.2) is 0 Å². The molecule has 1 amide bonds. The molecule has 108 valence electrons. The van der Waals surface area contributed by atoms with Crippen LogP contribution in [0.15, 0.2) is 24.3 Å². The van der Waals surface area contributed by atoms with Crippen LogP contribution in [0.1, 0.15) is 37.3 Å². The summed E-state index contributed by atoms with van der Waals surface area (Å²) in [6.07, 6.45) is 4.20. The third kappa shape index (κ3) is 3.12. The number of rotatable bonds is 6. The molecule has 1 saturated heterocycles. The minimum Gasteiger partial charge on any atom is -0.497 e. The molecule has 20 heavy (non-hydrogen) atoms. The maximum atomic E-state index is 11.2. The van der Waals surface area contributed by atoms with Crippen LogP contribution in [-0.4, -0.2) is 25.6 Å². The quantitative estimate of drug-likeness (QED) is 0.834. The summed E-state index contributed by atoms with van der Waals surface area (Å²) in [6.45, 7) is 0.860. The first-order chi connectivity index (χ1) is 9.76. The van der Waals surface area contributed by atoms with Gasteiger partial charge in [0.2, 0.25) is 5.91 Å². The van der Waals surface area contributed by atoms with Crippen molar-refractivity contribution in [1.29, 1.82) is 0 Å². The van der Waals surface area contributed by atoms with Crippen molar-refractivity contribution in [3.63, 3.8) is 0 Å². The standard InChI is InChI=1S/C16H22N2O2/c1-20-14-7-4-12(5-8-14)16(11-2-3-11)17-10-13-6-9-15(19)18-13/h4-5,7-8,11,13,16-17H,2-3,6,9-10H2,1H3,(H,18,19). The molecular formula is C16H22N2O2. The van der Waals surface area contributed by atoms with E-state index >= 15 is 0 Å². The molecule has 1 aromatic rings. The van der Waals surface area contributed by atoms with Gasteiger partial charge in [0, 0.05) is 25.0 Å². The molecule has 4 nitrogen and oxygen atoms in total. The van der Waals surface area contributed by atoms with Gasteiger partial charge in [0.1, 0.15) is 5.75 Å². The van der Waals surface area contributed by atoms with Gasteiger partial charge in [-0.15, -0.1) is 0 Å². The molecule has 4 heteroatoms. The number of benzene rings is 1. The molecule has 3 rings (SSSR count). The second kappa shape index (κ2) is 5.83. The lowest BCUT2D eigenvalue weighted by atomic mass is 10.0. The third-order valence-electron chi connectivity index (χ3n) is 4.24. The zero-order chi connectivity index (χ0) is 13.9. The smallest absolute Gasteiger partial charge is 0.220 e. The van der Waals surface area contributed by atoms with E-state index in [9.17, 15) is 4.79 Å². The lowest BCUT2D eigenvalue weighted by molar-refractivity contribution is -0.119. The molecule has 1 aliphatic carbocycles. The third-order valence-corrected chi connectivity index (χ3v) is 4.24. The fourth-order valence-electron chi connectivity index (χ4n) is 2.90. The van der Waals surface area contributed by atoms with Gasteiger partial charge in [-0.05, 0) is 42.9 Å². The number of ether oxygens (including phenoxy) is 1. The highest BCUT2D eigenvalue weighted by Gasteiger charge is 2.33. The summed E-state index contributed by atoms with van der Waals surface area (Å²) in [6, 6.07) is 9.01. The van der Waals surface area contributed by atoms with Crippen molar-refractivity contribution in [3.8, 4) is 5.75 Å². The van der Waals surface area contributed by atoms with Crippen LogP contribution in [0.5, 0.6) is 5.75 Å². The maximum Gasteiger partial charge on any atom is 0.220 e. The normalized spacial score (nSPS) is 23.4. The van der Waals surface area contributed by atoms with Crippen LogP contribution in [0.25, 0.3) is 0 Å². The Morgan fingerprint density at radius 1 is 1.30 bits per heavy atom. The molecule has 0 bridgehead atoms. The predicted molar refractivity (Wildman–Crippen MR) is 77.6 cm³/mol. The van der Waals surface area contributed by atoms with Crippen molar-refractivity contribution in [2.45, 2.75) is 37.8 Å². The lowest BCUT2D eigenvalue weighted by Gasteiger charge is -2.21. The van der Waals surface area contributed by atoms with Gasteiger partial charge in [0.05, 0.1) is 7.11 Å². The molecule has 2 aliphatic rings. The number of carbonyl (C=O) groups excluding carboxylic acids is 1. The summed E-state index contributed by atoms with van der Waals surface area (Å²) in [5.41, 5.74) is 1.32. The van der Waals surface area contributed by atoms with E-state index < -0.39 is 0 Å². The molecule has 2 fully saturated rings.